The lowest BCUT2D eigenvalue weighted by Gasteiger charge is -2.22. The van der Waals surface area contributed by atoms with Crippen LogP contribution in [0.2, 0.25) is 0 Å². The third-order valence-corrected chi connectivity index (χ3v) is 2.25. The van der Waals surface area contributed by atoms with Gasteiger partial charge in [0.25, 0.3) is 0 Å². The summed E-state index contributed by atoms with van der Waals surface area (Å²) in [7, 11) is 0. The van der Waals surface area contributed by atoms with Gasteiger partial charge in [-0.2, -0.15) is 0 Å². The van der Waals surface area contributed by atoms with Crippen molar-refractivity contribution in [1.82, 2.24) is 0 Å². The quantitative estimate of drug-likeness (QED) is 0.547. The van der Waals surface area contributed by atoms with Crippen molar-refractivity contribution in [2.24, 2.45) is 0 Å². The highest BCUT2D eigenvalue weighted by Crippen LogP contribution is 2.33. The molecule has 0 amide bonds. The zero-order valence-electron chi connectivity index (χ0n) is 7.36. The summed E-state index contributed by atoms with van der Waals surface area (Å²) in [6.45, 7) is 3.73. The lowest BCUT2D eigenvalue weighted by molar-refractivity contribution is -0.152. The molecule has 12 heavy (non-hydrogen) atoms. The lowest BCUT2D eigenvalue weighted by Crippen LogP contribution is -2.36. The fourth-order valence-corrected chi connectivity index (χ4v) is 1.75. The van der Waals surface area contributed by atoms with Crippen molar-refractivity contribution < 1.29 is 14.6 Å². The first-order valence-electron chi connectivity index (χ1n) is 4.29. The highest BCUT2D eigenvalue weighted by Gasteiger charge is 2.44. The molecule has 0 bridgehead atoms. The summed E-state index contributed by atoms with van der Waals surface area (Å²) in [5, 5.41) is 9.56. The normalized spacial score (nSPS) is 44.4. The van der Waals surface area contributed by atoms with Gasteiger partial charge in [-0.3, -0.25) is 0 Å². The Hall–Kier alpha value is -0.380. The third-order valence-electron chi connectivity index (χ3n) is 2.25. The Morgan fingerprint density at radius 3 is 2.83 bits per heavy atom. The molecule has 3 nitrogen and oxygen atoms in total. The van der Waals surface area contributed by atoms with Crippen LogP contribution in [0.1, 0.15) is 20.3 Å². The van der Waals surface area contributed by atoms with E-state index in [2.05, 4.69) is 0 Å². The number of ether oxygens (including phenoxy) is 2. The first kappa shape index (κ1) is 8.23. The molecule has 0 radical (unpaired) electrons. The molecule has 1 aliphatic carbocycles. The van der Waals surface area contributed by atoms with Gasteiger partial charge in [0.05, 0.1) is 6.10 Å². The molecule has 1 heterocycles. The molecular formula is C9H14O3. The highest BCUT2D eigenvalue weighted by molar-refractivity contribution is 5.06. The zero-order chi connectivity index (χ0) is 8.77. The maximum absolute atomic E-state index is 9.56. The van der Waals surface area contributed by atoms with Crippen molar-refractivity contribution in [2.75, 3.05) is 0 Å². The summed E-state index contributed by atoms with van der Waals surface area (Å²) < 4.78 is 11.1. The van der Waals surface area contributed by atoms with Crippen LogP contribution in [0.25, 0.3) is 0 Å². The minimum Gasteiger partial charge on any atom is -0.390 e. The van der Waals surface area contributed by atoms with E-state index in [1.54, 1.807) is 0 Å². The summed E-state index contributed by atoms with van der Waals surface area (Å²) in [5.74, 6) is -0.551. The third kappa shape index (κ3) is 1.28. The molecule has 2 rings (SSSR count). The first-order chi connectivity index (χ1) is 5.58. The van der Waals surface area contributed by atoms with Gasteiger partial charge in [-0.1, -0.05) is 12.2 Å². The molecule has 68 valence electrons. The van der Waals surface area contributed by atoms with Crippen LogP contribution in [0.4, 0.5) is 0 Å². The monoisotopic (exact) mass is 170 g/mol. The van der Waals surface area contributed by atoms with Gasteiger partial charge in [-0.05, 0) is 20.3 Å². The van der Waals surface area contributed by atoms with Crippen LogP contribution in [-0.4, -0.2) is 29.2 Å². The Morgan fingerprint density at radius 2 is 2.17 bits per heavy atom. The van der Waals surface area contributed by atoms with E-state index in [-0.39, 0.29) is 12.2 Å². The van der Waals surface area contributed by atoms with Gasteiger partial charge in [0, 0.05) is 0 Å². The molecule has 1 aliphatic heterocycles. The van der Waals surface area contributed by atoms with E-state index in [1.807, 2.05) is 26.0 Å². The molecule has 1 saturated heterocycles. The van der Waals surface area contributed by atoms with E-state index in [0.29, 0.717) is 6.42 Å². The van der Waals surface area contributed by atoms with E-state index in [0.717, 1.165) is 0 Å². The predicted octanol–water partition coefficient (Wildman–Crippen LogP) is 0.827. The van der Waals surface area contributed by atoms with E-state index >= 15 is 0 Å². The highest BCUT2D eigenvalue weighted by atomic mass is 16.8. The van der Waals surface area contributed by atoms with Crippen molar-refractivity contribution in [3.8, 4) is 0 Å². The van der Waals surface area contributed by atoms with Gasteiger partial charge in [0.15, 0.2) is 5.79 Å². The molecule has 3 atom stereocenters. The van der Waals surface area contributed by atoms with Crippen molar-refractivity contribution in [1.29, 1.82) is 0 Å². The summed E-state index contributed by atoms with van der Waals surface area (Å²) in [6.07, 6.45) is 3.92. The summed E-state index contributed by atoms with van der Waals surface area (Å²) in [6, 6.07) is 0. The Balaban J connectivity index is 2.17. The number of rotatable bonds is 0. The van der Waals surface area contributed by atoms with Crippen LogP contribution in [0.15, 0.2) is 12.2 Å². The van der Waals surface area contributed by atoms with Crippen molar-refractivity contribution in [3.63, 3.8) is 0 Å². The van der Waals surface area contributed by atoms with E-state index in [1.165, 1.54) is 0 Å². The minimum absolute atomic E-state index is 0.0660. The average Bonchev–Trinajstić information content (AvgIpc) is 2.25. The zero-order valence-corrected chi connectivity index (χ0v) is 7.36. The Labute approximate surface area is 72.0 Å². The second kappa shape index (κ2) is 2.55. The summed E-state index contributed by atoms with van der Waals surface area (Å²) in [5.41, 5.74) is 0. The molecule has 0 spiro atoms. The van der Waals surface area contributed by atoms with Crippen LogP contribution in [0, 0.1) is 0 Å². The molecule has 0 aromatic carbocycles. The minimum atomic E-state index is -0.551. The molecule has 0 aromatic heterocycles. The molecule has 2 aliphatic rings. The maximum Gasteiger partial charge on any atom is 0.164 e. The predicted molar refractivity (Wildman–Crippen MR) is 43.6 cm³/mol. The van der Waals surface area contributed by atoms with Gasteiger partial charge in [-0.15, -0.1) is 0 Å². The van der Waals surface area contributed by atoms with Crippen molar-refractivity contribution in [2.45, 2.75) is 44.4 Å². The molecule has 1 fully saturated rings. The average molecular weight is 170 g/mol. The maximum atomic E-state index is 9.56. The lowest BCUT2D eigenvalue weighted by atomic mass is 9.99. The number of hydrogen-bond acceptors (Lipinski definition) is 3. The second-order valence-corrected chi connectivity index (χ2v) is 3.80. The largest absolute Gasteiger partial charge is 0.390 e. The van der Waals surface area contributed by atoms with Gasteiger partial charge in [0.1, 0.15) is 12.2 Å². The second-order valence-electron chi connectivity index (χ2n) is 3.80. The first-order valence-corrected chi connectivity index (χ1v) is 4.29. The summed E-state index contributed by atoms with van der Waals surface area (Å²) in [4.78, 5) is 0. The van der Waals surface area contributed by atoms with E-state index < -0.39 is 11.9 Å². The van der Waals surface area contributed by atoms with Gasteiger partial charge >= 0.3 is 0 Å². The Kier molecular flexibility index (Phi) is 1.75. The molecule has 0 unspecified atom stereocenters. The standard InChI is InChI=1S/C9H14O3/c1-9(2)11-7-5-3-4-6(10)8(7)12-9/h3,5-8,10H,4H2,1-2H3/t6-,7-,8+/m1/s1. The molecule has 1 N–H and O–H groups in total. The van der Waals surface area contributed by atoms with Crippen LogP contribution in [0.3, 0.4) is 0 Å². The van der Waals surface area contributed by atoms with Crippen LogP contribution < -0.4 is 0 Å². The molecule has 0 saturated carbocycles. The molecule has 3 heteroatoms. The molecular weight excluding hydrogens is 156 g/mol. The van der Waals surface area contributed by atoms with Crippen LogP contribution in [-0.2, 0) is 9.47 Å². The van der Waals surface area contributed by atoms with E-state index in [9.17, 15) is 5.11 Å². The van der Waals surface area contributed by atoms with Crippen LogP contribution >= 0.6 is 0 Å². The van der Waals surface area contributed by atoms with Gasteiger partial charge in [0.2, 0.25) is 0 Å². The SMILES string of the molecule is CC1(C)O[C@H]2[C@H](O)CC=C[C@H]2O1. The molecule has 0 aromatic rings. The number of aliphatic hydroxyl groups is 1. The summed E-state index contributed by atoms with van der Waals surface area (Å²) >= 11 is 0. The van der Waals surface area contributed by atoms with Crippen molar-refractivity contribution in [3.05, 3.63) is 12.2 Å². The Bertz CT molecular complexity index is 210. The van der Waals surface area contributed by atoms with E-state index in [4.69, 9.17) is 9.47 Å². The van der Waals surface area contributed by atoms with Gasteiger partial charge in [-0.25, -0.2) is 0 Å². The topological polar surface area (TPSA) is 38.7 Å². The number of fused-ring (bicyclic) bond motifs is 1. The smallest absolute Gasteiger partial charge is 0.164 e. The van der Waals surface area contributed by atoms with Crippen molar-refractivity contribution >= 4 is 0 Å². The fraction of sp³-hybridized carbons (Fsp3) is 0.778. The van der Waals surface area contributed by atoms with Crippen LogP contribution in [0.5, 0.6) is 0 Å². The number of hydrogen-bond donors (Lipinski definition) is 1. The van der Waals surface area contributed by atoms with Gasteiger partial charge < -0.3 is 14.6 Å². The fourth-order valence-electron chi connectivity index (χ4n) is 1.75. The Morgan fingerprint density at radius 1 is 1.42 bits per heavy atom. The number of aliphatic hydroxyl groups excluding tert-OH is 1.